The zero-order valence-corrected chi connectivity index (χ0v) is 84.2. The molecule has 134 heavy (non-hydrogen) atoms. The van der Waals surface area contributed by atoms with Crippen molar-refractivity contribution in [2.24, 2.45) is 54.4 Å². The minimum atomic E-state index is 0.0669. The molecule has 0 saturated heterocycles. The number of nitrogens with two attached hydrogens (primary N) is 6. The van der Waals surface area contributed by atoms with Crippen molar-refractivity contribution in [2.75, 3.05) is 66.0 Å². The van der Waals surface area contributed by atoms with Crippen LogP contribution in [0.15, 0.2) is 231 Å². The number of hydrogen-bond donors (Lipinski definition) is 11. The van der Waals surface area contributed by atoms with E-state index in [1.807, 2.05) is 109 Å². The fraction of sp³-hybridized carbons (Fsp3) is 0.505. The highest BCUT2D eigenvalue weighted by atomic mass is 35.5. The molecular weight excluding hydrogens is 1780 g/mol. The first-order chi connectivity index (χ1) is 65.0. The van der Waals surface area contributed by atoms with Gasteiger partial charge in [-0.2, -0.15) is 5.26 Å². The quantitative estimate of drug-likeness (QED) is 0.0193. The maximum Gasteiger partial charge on any atom is 0.0947 e. The Labute approximate surface area is 831 Å². The van der Waals surface area contributed by atoms with Gasteiger partial charge in [0.15, 0.2) is 0 Å². The van der Waals surface area contributed by atoms with Crippen LogP contribution in [0.2, 0.25) is 30.1 Å². The fourth-order valence-electron chi connectivity index (χ4n) is 21.6. The summed E-state index contributed by atoms with van der Waals surface area (Å²) in [5.74, 6) is 0.962. The Bertz CT molecular complexity index is 5010. The average molecular weight is 1940 g/mol. The molecule has 0 radical (unpaired) electrons. The van der Waals surface area contributed by atoms with Crippen LogP contribution in [-0.4, -0.2) is 126 Å². The van der Waals surface area contributed by atoms with E-state index in [-0.39, 0.29) is 32.5 Å². The van der Waals surface area contributed by atoms with Crippen molar-refractivity contribution in [3.05, 3.63) is 317 Å². The summed E-state index contributed by atoms with van der Waals surface area (Å²) in [5, 5.41) is 32.0. The number of benzene rings is 8. The summed E-state index contributed by atoms with van der Waals surface area (Å²) < 4.78 is 3.97. The molecule has 7 saturated carbocycles. The standard InChI is InChI=1S/C21H27ClN2.C20H25ClN2.2C18H25ClN4.C17H24ClN3.C17H25ClN2/c22-19-8-4-7-18(15-19)21(16-23)12-9-20(10-13-21)24-14-11-17-5-2-1-3-6-17;21-18-8-4-7-17(13-18)20(15-22)11-9-19(10-12-20)23-14-16-5-2-1-3-6-16;2*1-23-11-17(22-13-23)10-21-16-5-7-18(12-20,8-6-16)14-3-2-4-15(19)9-14;1-21(11-3-10-19)16-6-8-17(13-20,9-7-16)14-4-2-5-15(18)12-14;18-15-3-1-2-14(10-15)17(12-19)8-6-16(7-9-17)20-11-13-4-5-13/h1-8,15,20,24H,9-14,16,23H2;1-8,13,19,23H,9-12,14-15,22H2;2*2-4,9,11,13,16,21H,5-8,10,12,20H2,1H3;2,4-5,12,16H,3,6-9,11,13,20H2,1H3;1-3,10,13,16,20H,4-9,11-12,19H2. The third-order valence-corrected chi connectivity index (χ3v) is 32.4. The van der Waals surface area contributed by atoms with Crippen molar-refractivity contribution in [1.29, 1.82) is 5.26 Å². The molecule has 17 nitrogen and oxygen atoms in total. The second-order valence-electron chi connectivity index (χ2n) is 39.7. The van der Waals surface area contributed by atoms with E-state index < -0.39 is 0 Å². The summed E-state index contributed by atoms with van der Waals surface area (Å²) in [6, 6.07) is 76.3. The molecule has 7 aliphatic rings. The van der Waals surface area contributed by atoms with Gasteiger partial charge in [-0.1, -0.05) is 203 Å². The fourth-order valence-corrected chi connectivity index (χ4v) is 22.8. The molecule has 0 bridgehead atoms. The van der Waals surface area contributed by atoms with E-state index in [1.165, 1.54) is 102 Å². The molecule has 722 valence electrons. The Morgan fingerprint density at radius 3 is 0.896 bits per heavy atom. The first-order valence-electron chi connectivity index (χ1n) is 49.5. The molecule has 0 spiro atoms. The first-order valence-corrected chi connectivity index (χ1v) is 51.8. The number of rotatable bonds is 31. The molecule has 0 unspecified atom stereocenters. The molecule has 2 heterocycles. The van der Waals surface area contributed by atoms with Crippen LogP contribution in [0.3, 0.4) is 0 Å². The Morgan fingerprint density at radius 2 is 0.627 bits per heavy atom. The number of hydrogen-bond acceptors (Lipinski definition) is 15. The Morgan fingerprint density at radius 1 is 0.351 bits per heavy atom. The van der Waals surface area contributed by atoms with Crippen molar-refractivity contribution in [3.63, 3.8) is 0 Å². The van der Waals surface area contributed by atoms with E-state index in [0.717, 1.165) is 209 Å². The largest absolute Gasteiger partial charge is 0.340 e. The van der Waals surface area contributed by atoms with Gasteiger partial charge in [0.25, 0.3) is 0 Å². The van der Waals surface area contributed by atoms with Gasteiger partial charge in [-0.05, 0) is 317 Å². The Balaban J connectivity index is 0.000000145. The second kappa shape index (κ2) is 52.8. The van der Waals surface area contributed by atoms with Crippen molar-refractivity contribution in [3.8, 4) is 6.07 Å². The summed E-state index contributed by atoms with van der Waals surface area (Å²) in [6.07, 6.45) is 39.7. The molecule has 0 amide bonds. The summed E-state index contributed by atoms with van der Waals surface area (Å²) in [5.41, 5.74) is 50.2. The summed E-state index contributed by atoms with van der Waals surface area (Å²) >= 11 is 37.0. The Kier molecular flexibility index (Phi) is 41.7. The lowest BCUT2D eigenvalue weighted by Gasteiger charge is -2.42. The van der Waals surface area contributed by atoms with Crippen LogP contribution in [0.4, 0.5) is 0 Å². The highest BCUT2D eigenvalue weighted by Crippen LogP contribution is 2.47. The summed E-state index contributed by atoms with van der Waals surface area (Å²) in [6.45, 7) is 9.87. The van der Waals surface area contributed by atoms with Gasteiger partial charge >= 0.3 is 0 Å². The first kappa shape index (κ1) is 106. The van der Waals surface area contributed by atoms with E-state index in [2.05, 4.69) is 200 Å². The van der Waals surface area contributed by atoms with E-state index in [1.54, 1.807) is 0 Å². The van der Waals surface area contributed by atoms with Gasteiger partial charge in [-0.15, -0.1) is 0 Å². The number of aryl methyl sites for hydroxylation is 2. The van der Waals surface area contributed by atoms with Gasteiger partial charge in [0.05, 0.1) is 30.1 Å². The maximum atomic E-state index is 8.70. The van der Waals surface area contributed by atoms with Crippen LogP contribution >= 0.6 is 69.6 Å². The SMILES string of the molecule is CN(CCC#N)C1CCC(CN)(c2cccc(Cl)c2)CC1.Cn1cnc(CNC2CCC(CN)(c3cccc(Cl)c3)CC2)c1.Cn1cnc(CNC2CCC(CN)(c3cccc(Cl)c3)CC2)c1.NCC1(c2cccc(Cl)c2)CCC(NCC2CC2)CC1.NCC1(c2cccc(Cl)c2)CCC(NCCc2ccccc2)CC1.NCC1(c2cccc(Cl)c2)CCC(NCc2ccccc2)CC1. The molecule has 0 aliphatic heterocycles. The van der Waals surface area contributed by atoms with Crippen LogP contribution in [0.5, 0.6) is 0 Å². The number of nitrogens with one attached hydrogen (secondary N) is 5. The van der Waals surface area contributed by atoms with Crippen LogP contribution in [0.25, 0.3) is 0 Å². The lowest BCUT2D eigenvalue weighted by molar-refractivity contribution is 0.152. The normalized spacial score (nSPS) is 25.6. The van der Waals surface area contributed by atoms with Crippen molar-refractivity contribution in [2.45, 2.75) is 268 Å². The van der Waals surface area contributed by atoms with Gasteiger partial charge in [-0.3, -0.25) is 0 Å². The minimum Gasteiger partial charge on any atom is -0.340 e. The zero-order valence-electron chi connectivity index (χ0n) is 79.7. The monoisotopic (exact) mass is 1930 g/mol. The minimum absolute atomic E-state index is 0.0669. The third kappa shape index (κ3) is 30.7. The lowest BCUT2D eigenvalue weighted by atomic mass is 9.68. The van der Waals surface area contributed by atoms with Crippen LogP contribution in [-0.2, 0) is 72.6 Å². The molecule has 7 fully saturated rings. The van der Waals surface area contributed by atoms with Crippen molar-refractivity contribution >= 4 is 69.6 Å². The van der Waals surface area contributed by atoms with E-state index in [0.29, 0.717) is 75.4 Å². The Hall–Kier alpha value is -7.07. The number of imidazole rings is 2. The van der Waals surface area contributed by atoms with Crippen molar-refractivity contribution in [1.82, 2.24) is 50.6 Å². The molecule has 7 aliphatic carbocycles. The molecule has 17 rings (SSSR count). The third-order valence-electron chi connectivity index (χ3n) is 31.0. The predicted molar refractivity (Wildman–Crippen MR) is 562 cm³/mol. The molecule has 10 aromatic rings. The predicted octanol–water partition coefficient (Wildman–Crippen LogP) is 21.4. The van der Waals surface area contributed by atoms with E-state index in [9.17, 15) is 0 Å². The molecule has 23 heteroatoms. The number of aromatic nitrogens is 4. The van der Waals surface area contributed by atoms with E-state index in [4.69, 9.17) is 109 Å². The highest BCUT2D eigenvalue weighted by molar-refractivity contribution is 6.32. The molecule has 8 aromatic carbocycles. The smallest absolute Gasteiger partial charge is 0.0947 e. The van der Waals surface area contributed by atoms with Gasteiger partial charge in [-0.25, -0.2) is 9.97 Å². The molecule has 2 aromatic heterocycles. The highest BCUT2D eigenvalue weighted by Gasteiger charge is 2.42. The van der Waals surface area contributed by atoms with Gasteiger partial charge in [0.2, 0.25) is 0 Å². The second-order valence-corrected chi connectivity index (χ2v) is 42.3. The van der Waals surface area contributed by atoms with Crippen LogP contribution in [0.1, 0.15) is 229 Å². The topological polar surface area (TPSA) is 279 Å². The van der Waals surface area contributed by atoms with Gasteiger partial charge in [0.1, 0.15) is 0 Å². The van der Waals surface area contributed by atoms with Crippen LogP contribution < -0.4 is 61.0 Å². The number of nitriles is 1. The van der Waals surface area contributed by atoms with Gasteiger partial charge < -0.3 is 75.0 Å². The zero-order chi connectivity index (χ0) is 94.8. The van der Waals surface area contributed by atoms with Crippen molar-refractivity contribution < 1.29 is 0 Å². The van der Waals surface area contributed by atoms with Gasteiger partial charge in [0, 0.05) is 197 Å². The molecule has 0 atom stereocenters. The maximum absolute atomic E-state index is 8.70. The lowest BCUT2D eigenvalue weighted by Crippen LogP contribution is -2.44. The number of nitrogens with zero attached hydrogens (tertiary/aromatic N) is 6. The molecular formula is C111H151Cl6N17. The molecule has 17 N–H and O–H groups in total. The average Bonchev–Trinajstić information content (AvgIpc) is 1.22. The number of halogens is 6. The van der Waals surface area contributed by atoms with Crippen LogP contribution in [0, 0.1) is 17.2 Å². The van der Waals surface area contributed by atoms with E-state index >= 15 is 0 Å². The summed E-state index contributed by atoms with van der Waals surface area (Å²) in [7, 11) is 6.12. The summed E-state index contributed by atoms with van der Waals surface area (Å²) in [4.78, 5) is 11.1.